The molecule has 0 radical (unpaired) electrons. The molecule has 2 aliphatic heterocycles. The van der Waals surface area contributed by atoms with Crippen molar-refractivity contribution in [3.05, 3.63) is 46.8 Å². The topological polar surface area (TPSA) is 119 Å². The van der Waals surface area contributed by atoms with Crippen LogP contribution in [-0.4, -0.2) is 96.6 Å². The molecule has 11 nitrogen and oxygen atoms in total. The van der Waals surface area contributed by atoms with E-state index in [9.17, 15) is 14.0 Å². The second-order valence-corrected chi connectivity index (χ2v) is 8.80. The van der Waals surface area contributed by atoms with E-state index in [1.807, 2.05) is 4.90 Å². The molecule has 2 aromatic rings. The first-order valence-electron chi connectivity index (χ1n) is 11.2. The van der Waals surface area contributed by atoms with E-state index < -0.39 is 0 Å². The van der Waals surface area contributed by atoms with Crippen molar-refractivity contribution in [3.63, 3.8) is 0 Å². The number of fused-ring (bicyclic) bond motifs is 1. The molecule has 34 heavy (non-hydrogen) atoms. The molecule has 0 unspecified atom stereocenters. The van der Waals surface area contributed by atoms with Gasteiger partial charge in [0.2, 0.25) is 5.91 Å². The fourth-order valence-corrected chi connectivity index (χ4v) is 4.69. The van der Waals surface area contributed by atoms with E-state index >= 15 is 0 Å². The van der Waals surface area contributed by atoms with E-state index in [-0.39, 0.29) is 42.5 Å². The predicted molar refractivity (Wildman–Crippen MR) is 116 cm³/mol. The normalized spacial score (nSPS) is 24.0. The van der Waals surface area contributed by atoms with Crippen LogP contribution in [0.15, 0.2) is 41.3 Å². The highest BCUT2D eigenvalue weighted by atomic mass is 19.1. The molecule has 2 fully saturated rings. The van der Waals surface area contributed by atoms with E-state index in [2.05, 4.69) is 30.4 Å². The number of amides is 1. The van der Waals surface area contributed by atoms with Crippen LogP contribution in [0.1, 0.15) is 25.8 Å². The van der Waals surface area contributed by atoms with Crippen LogP contribution >= 0.6 is 0 Å². The van der Waals surface area contributed by atoms with Gasteiger partial charge in [-0.3, -0.25) is 14.5 Å². The Morgan fingerprint density at radius 2 is 1.97 bits per heavy atom. The lowest BCUT2D eigenvalue weighted by atomic mass is 9.86. The number of carbonyl (C=O) groups is 2. The minimum Gasteiger partial charge on any atom is -0.370 e. The quantitative estimate of drug-likeness (QED) is 0.629. The summed E-state index contributed by atoms with van der Waals surface area (Å²) >= 11 is 0. The highest BCUT2D eigenvalue weighted by molar-refractivity contribution is 6.00. The van der Waals surface area contributed by atoms with Gasteiger partial charge in [-0.15, -0.1) is 5.10 Å². The molecule has 5 rings (SSSR count). The second-order valence-electron chi connectivity index (χ2n) is 8.80. The van der Waals surface area contributed by atoms with Crippen molar-refractivity contribution in [2.24, 2.45) is 0 Å². The zero-order valence-corrected chi connectivity index (χ0v) is 19.0. The first-order valence-corrected chi connectivity index (χ1v) is 11.2. The number of Topliss-reactive ketones (excluding diaryl/α,β-unsaturated/α-hetero) is 1. The van der Waals surface area contributed by atoms with Crippen molar-refractivity contribution in [1.29, 1.82) is 0 Å². The lowest BCUT2D eigenvalue weighted by molar-refractivity contribution is -0.138. The molecule has 4 heterocycles. The summed E-state index contributed by atoms with van der Waals surface area (Å²) in [7, 11) is 0. The third-order valence-corrected chi connectivity index (χ3v) is 6.76. The Bertz CT molecular complexity index is 1160. The van der Waals surface area contributed by atoms with Crippen LogP contribution in [0, 0.1) is 0 Å². The van der Waals surface area contributed by atoms with Gasteiger partial charge >= 0.3 is 0 Å². The van der Waals surface area contributed by atoms with Gasteiger partial charge in [0.05, 0.1) is 31.6 Å². The van der Waals surface area contributed by atoms with Gasteiger partial charge in [0.15, 0.2) is 5.78 Å². The molecule has 0 bridgehead atoms. The summed E-state index contributed by atoms with van der Waals surface area (Å²) in [5, 5.41) is 10.8. The molecule has 12 heteroatoms. The summed E-state index contributed by atoms with van der Waals surface area (Å²) in [4.78, 5) is 37.9. The monoisotopic (exact) mass is 468 g/mol. The number of carbonyl (C=O) groups excluding carboxylic acids is 2. The Morgan fingerprint density at radius 1 is 1.18 bits per heavy atom. The number of halogens is 1. The smallest absolute Gasteiger partial charge is 0.253 e. The van der Waals surface area contributed by atoms with Crippen LogP contribution in [0.4, 0.5) is 4.39 Å². The zero-order valence-electron chi connectivity index (χ0n) is 19.0. The molecule has 1 aliphatic carbocycles. The Morgan fingerprint density at radius 3 is 2.71 bits per heavy atom. The summed E-state index contributed by atoms with van der Waals surface area (Å²) in [6.45, 7) is 6.29. The van der Waals surface area contributed by atoms with Gasteiger partial charge in [0, 0.05) is 44.1 Å². The first kappa shape index (κ1) is 22.4. The molecule has 0 spiro atoms. The van der Waals surface area contributed by atoms with Crippen molar-refractivity contribution in [2.45, 2.75) is 38.8 Å². The first-order chi connectivity index (χ1) is 16.4. The van der Waals surface area contributed by atoms with Crippen LogP contribution in [0.5, 0.6) is 0 Å². The number of aromatic nitrogens is 6. The maximum atomic E-state index is 14.0. The minimum atomic E-state index is -0.370. The number of ketones is 1. The fourth-order valence-electron chi connectivity index (χ4n) is 4.69. The molecule has 0 N–H and O–H groups in total. The molecular formula is C22H25FN8O3. The van der Waals surface area contributed by atoms with E-state index in [1.165, 1.54) is 11.0 Å². The van der Waals surface area contributed by atoms with Crippen LogP contribution in [0.25, 0.3) is 5.95 Å². The molecular weight excluding hydrogens is 443 g/mol. The summed E-state index contributed by atoms with van der Waals surface area (Å²) in [5.74, 6) is -0.231. The molecule has 3 aliphatic rings. The third-order valence-electron chi connectivity index (χ3n) is 6.76. The highest BCUT2D eigenvalue weighted by Gasteiger charge is 2.39. The number of tetrazole rings is 1. The molecule has 2 aromatic heterocycles. The Kier molecular flexibility index (Phi) is 6.00. The van der Waals surface area contributed by atoms with Crippen molar-refractivity contribution in [3.8, 4) is 5.95 Å². The predicted octanol–water partition coefficient (Wildman–Crippen LogP) is 0.439. The minimum absolute atomic E-state index is 0.00204. The van der Waals surface area contributed by atoms with Crippen LogP contribution < -0.4 is 0 Å². The molecule has 0 aromatic carbocycles. The summed E-state index contributed by atoms with van der Waals surface area (Å²) in [6.07, 6.45) is 4.24. The van der Waals surface area contributed by atoms with E-state index in [0.29, 0.717) is 61.0 Å². The molecule has 0 saturated carbocycles. The summed E-state index contributed by atoms with van der Waals surface area (Å²) < 4.78 is 21.4. The molecule has 2 saturated heterocycles. The largest absolute Gasteiger partial charge is 0.370 e. The number of morpholine rings is 1. The molecule has 1 amide bonds. The summed E-state index contributed by atoms with van der Waals surface area (Å²) in [5.41, 5.74) is 2.50. The second kappa shape index (κ2) is 9.11. The average molecular weight is 468 g/mol. The van der Waals surface area contributed by atoms with Crippen molar-refractivity contribution in [1.82, 2.24) is 40.0 Å². The van der Waals surface area contributed by atoms with E-state index in [0.717, 1.165) is 0 Å². The number of allylic oxidation sites excluding steroid dienone is 3. The maximum Gasteiger partial charge on any atom is 0.253 e. The summed E-state index contributed by atoms with van der Waals surface area (Å²) in [6, 6.07) is 0.0559. The van der Waals surface area contributed by atoms with Crippen molar-refractivity contribution >= 4 is 11.7 Å². The van der Waals surface area contributed by atoms with Gasteiger partial charge in [-0.2, -0.15) is 4.68 Å². The van der Waals surface area contributed by atoms with E-state index in [1.54, 1.807) is 26.2 Å². The van der Waals surface area contributed by atoms with Crippen LogP contribution in [0.3, 0.4) is 0 Å². The van der Waals surface area contributed by atoms with Crippen molar-refractivity contribution < 1.29 is 18.7 Å². The standard InChI is InChI=1S/C22H25FN8O3/c1-13-14(2)21(18(32)6-17(13)23)19-10-29-3-4-30(9-16(29)11-34-19)20(33)5-15-7-24-22(25-8-15)31-12-26-27-28-31/h7-8,12,16,19H,3-6,9-11H2,1-2H3/t16-,19+/m0/s1. The number of hydrogen-bond donors (Lipinski definition) is 0. The number of hydrogen-bond acceptors (Lipinski definition) is 9. The maximum absolute atomic E-state index is 14.0. The SMILES string of the molecule is CC1=C(F)CC(=O)C([C@H]2CN3CCN(C(=O)Cc4cnc(-n5cnnn5)nc4)C[C@H]3CO2)=C1C. The molecule has 178 valence electrons. The Hall–Kier alpha value is -3.38. The third kappa shape index (κ3) is 4.26. The number of rotatable bonds is 4. The average Bonchev–Trinajstić information content (AvgIpc) is 3.38. The Balaban J connectivity index is 1.19. The number of piperazine rings is 1. The number of ether oxygens (including phenoxy) is 1. The van der Waals surface area contributed by atoms with Crippen molar-refractivity contribution in [2.75, 3.05) is 32.8 Å². The molecule has 2 atom stereocenters. The van der Waals surface area contributed by atoms with Gasteiger partial charge in [-0.05, 0) is 41.0 Å². The van der Waals surface area contributed by atoms with Gasteiger partial charge < -0.3 is 9.64 Å². The van der Waals surface area contributed by atoms with Gasteiger partial charge in [0.1, 0.15) is 12.2 Å². The fraction of sp³-hybridized carbons (Fsp3) is 0.500. The van der Waals surface area contributed by atoms with E-state index in [4.69, 9.17) is 4.74 Å². The lowest BCUT2D eigenvalue weighted by Crippen LogP contribution is -2.61. The highest BCUT2D eigenvalue weighted by Crippen LogP contribution is 2.33. The lowest BCUT2D eigenvalue weighted by Gasteiger charge is -2.46. The van der Waals surface area contributed by atoms with Gasteiger partial charge in [-0.25, -0.2) is 14.4 Å². The number of nitrogens with zero attached hydrogens (tertiary/aromatic N) is 8. The van der Waals surface area contributed by atoms with Crippen LogP contribution in [-0.2, 0) is 20.7 Å². The Labute approximate surface area is 195 Å². The van der Waals surface area contributed by atoms with Crippen LogP contribution in [0.2, 0.25) is 0 Å². The zero-order chi connectivity index (χ0) is 23.8. The van der Waals surface area contributed by atoms with Gasteiger partial charge in [-0.1, -0.05) is 0 Å². The van der Waals surface area contributed by atoms with Gasteiger partial charge in [0.25, 0.3) is 5.95 Å².